The first-order valence-corrected chi connectivity index (χ1v) is 6.47. The van der Waals surface area contributed by atoms with Crippen LogP contribution in [0.25, 0.3) is 0 Å². The third kappa shape index (κ3) is 4.88. The van der Waals surface area contributed by atoms with Gasteiger partial charge in [0.05, 0.1) is 0 Å². The minimum absolute atomic E-state index is 0.387. The van der Waals surface area contributed by atoms with Crippen LogP contribution in [0.5, 0.6) is 0 Å². The van der Waals surface area contributed by atoms with Crippen molar-refractivity contribution in [1.82, 2.24) is 0 Å². The van der Waals surface area contributed by atoms with Crippen molar-refractivity contribution in [3.8, 4) is 0 Å². The van der Waals surface area contributed by atoms with Gasteiger partial charge in [0.15, 0.2) is 0 Å². The Morgan fingerprint density at radius 2 is 1.89 bits per heavy atom. The maximum Gasteiger partial charge on any atom is 0.130 e. The van der Waals surface area contributed by atoms with Crippen molar-refractivity contribution in [3.63, 3.8) is 0 Å². The van der Waals surface area contributed by atoms with Crippen molar-refractivity contribution in [2.45, 2.75) is 39.7 Å². The minimum Gasteiger partial charge on any atom is -0.368 e. The highest BCUT2D eigenvalue weighted by molar-refractivity contribution is 5.98. The number of benzene rings is 1. The van der Waals surface area contributed by atoms with Crippen molar-refractivity contribution in [1.29, 1.82) is 5.41 Å². The van der Waals surface area contributed by atoms with Crippen molar-refractivity contribution < 1.29 is 4.74 Å². The van der Waals surface area contributed by atoms with Crippen LogP contribution in [0.2, 0.25) is 0 Å². The quantitative estimate of drug-likeness (QED) is 0.592. The second-order valence-corrected chi connectivity index (χ2v) is 5.41. The molecule has 3 heteroatoms. The summed E-state index contributed by atoms with van der Waals surface area (Å²) in [6, 6.07) is 9.74. The summed E-state index contributed by atoms with van der Waals surface area (Å²) in [6.07, 6.45) is 1.02. The standard InChI is InChI=1S/C15H24N2O/c1-12(2)10-11-18-15(3,4)14(16)17-13-8-6-5-7-9-13/h5-9,12H,10-11H2,1-4H3,(H2,16,17). The Kier molecular flexibility index (Phi) is 5.35. The van der Waals surface area contributed by atoms with E-state index in [1.807, 2.05) is 44.2 Å². The summed E-state index contributed by atoms with van der Waals surface area (Å²) in [5, 5.41) is 11.2. The van der Waals surface area contributed by atoms with Gasteiger partial charge in [0.2, 0.25) is 0 Å². The molecule has 1 aromatic carbocycles. The molecule has 0 fully saturated rings. The summed E-state index contributed by atoms with van der Waals surface area (Å²) in [5.74, 6) is 1.01. The van der Waals surface area contributed by atoms with Crippen LogP contribution in [0.15, 0.2) is 30.3 Å². The number of nitrogens with one attached hydrogen (secondary N) is 2. The van der Waals surface area contributed by atoms with E-state index in [0.29, 0.717) is 18.4 Å². The average Bonchev–Trinajstić information content (AvgIpc) is 2.29. The van der Waals surface area contributed by atoms with E-state index in [1.165, 1.54) is 0 Å². The Balaban J connectivity index is 2.49. The van der Waals surface area contributed by atoms with E-state index in [1.54, 1.807) is 0 Å². The molecule has 1 rings (SSSR count). The van der Waals surface area contributed by atoms with Gasteiger partial charge in [-0.15, -0.1) is 0 Å². The Morgan fingerprint density at radius 3 is 2.44 bits per heavy atom. The fourth-order valence-corrected chi connectivity index (χ4v) is 1.44. The van der Waals surface area contributed by atoms with E-state index < -0.39 is 5.60 Å². The third-order valence-corrected chi connectivity index (χ3v) is 2.80. The fraction of sp³-hybridized carbons (Fsp3) is 0.533. The summed E-state index contributed by atoms with van der Waals surface area (Å²) >= 11 is 0. The average molecular weight is 248 g/mol. The molecular formula is C15H24N2O. The van der Waals surface area contributed by atoms with Crippen LogP contribution in [0.1, 0.15) is 34.1 Å². The van der Waals surface area contributed by atoms with Crippen LogP contribution in [-0.4, -0.2) is 18.0 Å². The number of ether oxygens (including phenoxy) is 1. The second-order valence-electron chi connectivity index (χ2n) is 5.41. The molecule has 3 nitrogen and oxygen atoms in total. The monoisotopic (exact) mass is 248 g/mol. The van der Waals surface area contributed by atoms with Crippen LogP contribution in [0, 0.1) is 11.3 Å². The molecule has 0 heterocycles. The van der Waals surface area contributed by atoms with Crippen molar-refractivity contribution in [2.24, 2.45) is 5.92 Å². The summed E-state index contributed by atoms with van der Waals surface area (Å²) in [4.78, 5) is 0. The Labute approximate surface area is 110 Å². The van der Waals surface area contributed by atoms with Gasteiger partial charge in [0.1, 0.15) is 11.4 Å². The first-order valence-electron chi connectivity index (χ1n) is 6.47. The number of amidine groups is 1. The van der Waals surface area contributed by atoms with Gasteiger partial charge < -0.3 is 10.1 Å². The lowest BCUT2D eigenvalue weighted by Crippen LogP contribution is -2.39. The van der Waals surface area contributed by atoms with Gasteiger partial charge in [0.25, 0.3) is 0 Å². The molecule has 0 saturated heterocycles. The molecule has 0 aliphatic carbocycles. The molecular weight excluding hydrogens is 224 g/mol. The van der Waals surface area contributed by atoms with Gasteiger partial charge in [0, 0.05) is 12.3 Å². The molecule has 18 heavy (non-hydrogen) atoms. The molecule has 0 spiro atoms. The molecule has 1 aromatic rings. The van der Waals surface area contributed by atoms with Gasteiger partial charge in [-0.05, 0) is 38.3 Å². The molecule has 0 aliphatic rings. The molecule has 2 N–H and O–H groups in total. The lowest BCUT2D eigenvalue weighted by molar-refractivity contribution is 0.0279. The van der Waals surface area contributed by atoms with Crippen molar-refractivity contribution in [2.75, 3.05) is 11.9 Å². The van der Waals surface area contributed by atoms with E-state index in [0.717, 1.165) is 12.1 Å². The summed E-state index contributed by atoms with van der Waals surface area (Å²) in [5.41, 5.74) is 0.341. The molecule has 0 bridgehead atoms. The smallest absolute Gasteiger partial charge is 0.130 e. The first-order chi connectivity index (χ1) is 8.42. The summed E-state index contributed by atoms with van der Waals surface area (Å²) in [6.45, 7) is 8.87. The van der Waals surface area contributed by atoms with Crippen molar-refractivity contribution >= 4 is 11.5 Å². The molecule has 100 valence electrons. The number of hydrogen-bond acceptors (Lipinski definition) is 2. The molecule has 0 aliphatic heterocycles. The van der Waals surface area contributed by atoms with Crippen LogP contribution >= 0.6 is 0 Å². The molecule has 0 unspecified atom stereocenters. The van der Waals surface area contributed by atoms with E-state index in [-0.39, 0.29) is 0 Å². The van der Waals surface area contributed by atoms with Crippen LogP contribution in [-0.2, 0) is 4.74 Å². The van der Waals surface area contributed by atoms with Crippen LogP contribution < -0.4 is 5.32 Å². The second kappa shape index (κ2) is 6.55. The molecule has 0 amide bonds. The van der Waals surface area contributed by atoms with E-state index in [9.17, 15) is 0 Å². The lowest BCUT2D eigenvalue weighted by atomic mass is 10.1. The van der Waals surface area contributed by atoms with Crippen molar-refractivity contribution in [3.05, 3.63) is 30.3 Å². The molecule has 0 atom stereocenters. The van der Waals surface area contributed by atoms with Gasteiger partial charge in [-0.25, -0.2) is 0 Å². The fourth-order valence-electron chi connectivity index (χ4n) is 1.44. The molecule has 0 aromatic heterocycles. The number of hydrogen-bond donors (Lipinski definition) is 2. The maximum atomic E-state index is 8.08. The number of rotatable bonds is 6. The number of para-hydroxylation sites is 1. The lowest BCUT2D eigenvalue weighted by Gasteiger charge is -2.27. The first kappa shape index (κ1) is 14.7. The zero-order valence-corrected chi connectivity index (χ0v) is 11.8. The highest BCUT2D eigenvalue weighted by Gasteiger charge is 2.24. The highest BCUT2D eigenvalue weighted by Crippen LogP contribution is 2.15. The Morgan fingerprint density at radius 1 is 1.28 bits per heavy atom. The minimum atomic E-state index is -0.579. The van der Waals surface area contributed by atoms with Gasteiger partial charge in [-0.2, -0.15) is 0 Å². The predicted octanol–water partition coefficient (Wildman–Crippen LogP) is 3.92. The highest BCUT2D eigenvalue weighted by atomic mass is 16.5. The zero-order valence-electron chi connectivity index (χ0n) is 11.8. The molecule has 0 saturated carbocycles. The largest absolute Gasteiger partial charge is 0.368 e. The normalized spacial score (nSPS) is 11.6. The Hall–Kier alpha value is -1.35. The molecule has 0 radical (unpaired) electrons. The summed E-state index contributed by atoms with van der Waals surface area (Å²) < 4.78 is 5.79. The van der Waals surface area contributed by atoms with E-state index in [2.05, 4.69) is 19.2 Å². The van der Waals surface area contributed by atoms with Gasteiger partial charge in [-0.1, -0.05) is 32.0 Å². The van der Waals surface area contributed by atoms with Crippen LogP contribution in [0.3, 0.4) is 0 Å². The zero-order chi connectivity index (χ0) is 13.6. The third-order valence-electron chi connectivity index (χ3n) is 2.80. The van der Waals surface area contributed by atoms with Gasteiger partial charge in [-0.3, -0.25) is 5.41 Å². The summed E-state index contributed by atoms with van der Waals surface area (Å²) in [7, 11) is 0. The predicted molar refractivity (Wildman–Crippen MR) is 77.3 cm³/mol. The number of anilines is 1. The van der Waals surface area contributed by atoms with E-state index in [4.69, 9.17) is 10.1 Å². The van der Waals surface area contributed by atoms with Gasteiger partial charge >= 0.3 is 0 Å². The topological polar surface area (TPSA) is 45.1 Å². The van der Waals surface area contributed by atoms with E-state index >= 15 is 0 Å². The maximum absolute atomic E-state index is 8.08. The SMILES string of the molecule is CC(C)CCOC(C)(C)C(=N)Nc1ccccc1. The van der Waals surface area contributed by atoms with Crippen LogP contribution in [0.4, 0.5) is 5.69 Å². The Bertz CT molecular complexity index is 371.